The minimum atomic E-state index is -4.53. The third kappa shape index (κ3) is 4.32. The van der Waals surface area contributed by atoms with E-state index < -0.39 is 27.9 Å². The molecule has 1 heterocycles. The first kappa shape index (κ1) is 19.4. The Hall–Kier alpha value is -2.36. The van der Waals surface area contributed by atoms with Gasteiger partial charge in [-0.15, -0.1) is 0 Å². The molecule has 9 heteroatoms. The van der Waals surface area contributed by atoms with Gasteiger partial charge in [0.25, 0.3) is 0 Å². The molecule has 1 unspecified atom stereocenters. The molecule has 1 N–H and O–H groups in total. The van der Waals surface area contributed by atoms with Gasteiger partial charge in [-0.1, -0.05) is 18.2 Å². The summed E-state index contributed by atoms with van der Waals surface area (Å²) in [6, 6.07) is 12.3. The molecule has 1 atom stereocenters. The predicted molar refractivity (Wildman–Crippen MR) is 92.6 cm³/mol. The Morgan fingerprint density at radius 2 is 1.78 bits per heavy atom. The van der Waals surface area contributed by atoms with Crippen molar-refractivity contribution in [3.8, 4) is 0 Å². The molecular weight excluding hydrogens is 383 g/mol. The predicted octanol–water partition coefficient (Wildman–Crippen LogP) is 4.12. The number of methoxy groups -OCH3 is 1. The Kier molecular flexibility index (Phi) is 5.27. The van der Waals surface area contributed by atoms with Crippen molar-refractivity contribution in [1.29, 1.82) is 0 Å². The molecule has 0 fully saturated rings. The van der Waals surface area contributed by atoms with Gasteiger partial charge >= 0.3 is 6.18 Å². The van der Waals surface area contributed by atoms with Gasteiger partial charge in [0.05, 0.1) is 10.5 Å². The molecule has 0 spiro atoms. The molecule has 0 aliphatic rings. The van der Waals surface area contributed by atoms with Crippen molar-refractivity contribution >= 4 is 21.0 Å². The SMILES string of the molecule is COC(CNS(=O)(=O)c1ccc(C(F)(F)F)cc1)c1cc2ccccc2o1. The van der Waals surface area contributed by atoms with Crippen LogP contribution >= 0.6 is 0 Å². The molecule has 0 saturated carbocycles. The summed E-state index contributed by atoms with van der Waals surface area (Å²) in [5.74, 6) is 0.439. The summed E-state index contributed by atoms with van der Waals surface area (Å²) < 4.78 is 75.8. The van der Waals surface area contributed by atoms with E-state index in [1.807, 2.05) is 18.2 Å². The Morgan fingerprint density at radius 1 is 1.11 bits per heavy atom. The van der Waals surface area contributed by atoms with Crippen LogP contribution in [-0.2, 0) is 20.9 Å². The van der Waals surface area contributed by atoms with Crippen LogP contribution in [0, 0.1) is 0 Å². The van der Waals surface area contributed by atoms with Crippen molar-refractivity contribution in [1.82, 2.24) is 4.72 Å². The van der Waals surface area contributed by atoms with Crippen molar-refractivity contribution in [2.24, 2.45) is 0 Å². The molecule has 0 amide bonds. The van der Waals surface area contributed by atoms with Crippen LogP contribution in [0.15, 0.2) is 63.9 Å². The first-order valence-corrected chi connectivity index (χ1v) is 9.37. The molecule has 1 aromatic heterocycles. The fourth-order valence-corrected chi connectivity index (χ4v) is 3.58. The zero-order valence-electron chi connectivity index (χ0n) is 14.2. The normalized spacial score (nSPS) is 13.8. The van der Waals surface area contributed by atoms with Crippen LogP contribution in [0.2, 0.25) is 0 Å². The highest BCUT2D eigenvalue weighted by atomic mass is 32.2. The largest absolute Gasteiger partial charge is 0.458 e. The van der Waals surface area contributed by atoms with E-state index in [4.69, 9.17) is 9.15 Å². The number of fused-ring (bicyclic) bond motifs is 1. The highest BCUT2D eigenvalue weighted by molar-refractivity contribution is 7.89. The van der Waals surface area contributed by atoms with E-state index in [2.05, 4.69) is 4.72 Å². The lowest BCUT2D eigenvalue weighted by molar-refractivity contribution is -0.137. The third-order valence-corrected chi connectivity index (χ3v) is 5.44. The van der Waals surface area contributed by atoms with Gasteiger partial charge in [-0.25, -0.2) is 13.1 Å². The standard InChI is InChI=1S/C18H16F3NO4S/c1-25-17(16-10-12-4-2-3-5-15(12)26-16)11-22-27(23,24)14-8-6-13(7-9-14)18(19,20)21/h2-10,17,22H,11H2,1H3. The maximum atomic E-state index is 12.6. The van der Waals surface area contributed by atoms with Crippen LogP contribution in [-0.4, -0.2) is 22.1 Å². The molecule has 0 radical (unpaired) electrons. The fraction of sp³-hybridized carbons (Fsp3) is 0.222. The molecule has 0 aliphatic heterocycles. The Labute approximate surface area is 153 Å². The number of para-hydroxylation sites is 1. The van der Waals surface area contributed by atoms with Crippen LogP contribution in [0.1, 0.15) is 17.4 Å². The van der Waals surface area contributed by atoms with Crippen molar-refractivity contribution in [3.05, 3.63) is 65.9 Å². The average molecular weight is 399 g/mol. The quantitative estimate of drug-likeness (QED) is 0.677. The maximum Gasteiger partial charge on any atom is 0.416 e. The van der Waals surface area contributed by atoms with Gasteiger partial charge in [-0.3, -0.25) is 0 Å². The number of halogens is 3. The van der Waals surface area contributed by atoms with Gasteiger partial charge in [-0.2, -0.15) is 13.2 Å². The lowest BCUT2D eigenvalue weighted by Gasteiger charge is -2.14. The lowest BCUT2D eigenvalue weighted by Crippen LogP contribution is -2.29. The van der Waals surface area contributed by atoms with E-state index in [1.54, 1.807) is 12.1 Å². The molecule has 0 aliphatic carbocycles. The molecule has 144 valence electrons. The van der Waals surface area contributed by atoms with Gasteiger partial charge in [0.1, 0.15) is 17.4 Å². The van der Waals surface area contributed by atoms with E-state index in [1.165, 1.54) is 7.11 Å². The molecule has 0 saturated heterocycles. The van der Waals surface area contributed by atoms with Crippen LogP contribution in [0.3, 0.4) is 0 Å². The first-order chi connectivity index (χ1) is 12.7. The molecule has 5 nitrogen and oxygen atoms in total. The van der Waals surface area contributed by atoms with Crippen molar-refractivity contribution in [2.75, 3.05) is 13.7 Å². The minimum absolute atomic E-state index is 0.139. The van der Waals surface area contributed by atoms with Crippen LogP contribution in [0.25, 0.3) is 11.0 Å². The highest BCUT2D eigenvalue weighted by Gasteiger charge is 2.30. The molecule has 3 aromatic rings. The number of sulfonamides is 1. The van der Waals surface area contributed by atoms with E-state index in [0.29, 0.717) is 11.3 Å². The summed E-state index contributed by atoms with van der Waals surface area (Å²) in [5.41, 5.74) is -0.279. The van der Waals surface area contributed by atoms with E-state index in [9.17, 15) is 21.6 Å². The van der Waals surface area contributed by atoms with Crippen LogP contribution in [0.4, 0.5) is 13.2 Å². The highest BCUT2D eigenvalue weighted by Crippen LogP contribution is 2.30. The number of hydrogen-bond acceptors (Lipinski definition) is 4. The minimum Gasteiger partial charge on any atom is -0.458 e. The molecule has 2 aromatic carbocycles. The zero-order chi connectivity index (χ0) is 19.7. The number of furan rings is 1. The molecular formula is C18H16F3NO4S. The van der Waals surface area contributed by atoms with Gasteiger partial charge in [-0.05, 0) is 36.4 Å². The summed E-state index contributed by atoms with van der Waals surface area (Å²) >= 11 is 0. The summed E-state index contributed by atoms with van der Waals surface area (Å²) in [6.07, 6.45) is -5.22. The number of rotatable bonds is 6. The Morgan fingerprint density at radius 3 is 2.37 bits per heavy atom. The van der Waals surface area contributed by atoms with Crippen LogP contribution in [0.5, 0.6) is 0 Å². The van der Waals surface area contributed by atoms with Gasteiger partial charge < -0.3 is 9.15 Å². The monoisotopic (exact) mass is 399 g/mol. The molecule has 0 bridgehead atoms. The van der Waals surface area contributed by atoms with Gasteiger partial charge in [0.15, 0.2) is 0 Å². The molecule has 27 heavy (non-hydrogen) atoms. The summed E-state index contributed by atoms with van der Waals surface area (Å²) in [5, 5.41) is 0.847. The zero-order valence-corrected chi connectivity index (χ0v) is 15.0. The fourth-order valence-electron chi connectivity index (χ4n) is 2.55. The second kappa shape index (κ2) is 7.34. The number of benzene rings is 2. The lowest BCUT2D eigenvalue weighted by atomic mass is 10.2. The topological polar surface area (TPSA) is 68.5 Å². The third-order valence-electron chi connectivity index (χ3n) is 4.00. The number of hydrogen-bond donors (Lipinski definition) is 1. The van der Waals surface area contributed by atoms with Crippen molar-refractivity contribution in [2.45, 2.75) is 17.2 Å². The van der Waals surface area contributed by atoms with Crippen molar-refractivity contribution in [3.63, 3.8) is 0 Å². The Balaban J connectivity index is 1.75. The number of alkyl halides is 3. The molecule has 3 rings (SSSR count). The summed E-state index contributed by atoms with van der Waals surface area (Å²) in [6.45, 7) is -0.139. The van der Waals surface area contributed by atoms with Crippen molar-refractivity contribution < 1.29 is 30.7 Å². The average Bonchev–Trinajstić information content (AvgIpc) is 3.05. The number of nitrogens with one attached hydrogen (secondary N) is 1. The van der Waals surface area contributed by atoms with Gasteiger partial charge in [0, 0.05) is 19.0 Å². The second-order valence-electron chi connectivity index (χ2n) is 5.78. The van der Waals surface area contributed by atoms with E-state index in [0.717, 1.165) is 29.7 Å². The first-order valence-electron chi connectivity index (χ1n) is 7.89. The smallest absolute Gasteiger partial charge is 0.416 e. The maximum absolute atomic E-state index is 12.6. The summed E-state index contributed by atoms with van der Waals surface area (Å²) in [7, 11) is -2.60. The number of ether oxygens (including phenoxy) is 1. The van der Waals surface area contributed by atoms with Gasteiger partial charge in [0.2, 0.25) is 10.0 Å². The van der Waals surface area contributed by atoms with E-state index in [-0.39, 0.29) is 11.4 Å². The Bertz CT molecular complexity index is 994. The summed E-state index contributed by atoms with van der Waals surface area (Å²) in [4.78, 5) is -0.269. The second-order valence-corrected chi connectivity index (χ2v) is 7.55. The van der Waals surface area contributed by atoms with E-state index >= 15 is 0 Å². The van der Waals surface area contributed by atoms with Crippen LogP contribution < -0.4 is 4.72 Å².